The normalized spacial score (nSPS) is 11.8. The number of carbonyl (C=O) groups is 2. The van der Waals surface area contributed by atoms with Crippen LogP contribution in [0, 0.1) is 0 Å². The quantitative estimate of drug-likeness (QED) is 0.0523. The van der Waals surface area contributed by atoms with Crippen LogP contribution in [0.5, 0.6) is 17.2 Å². The summed E-state index contributed by atoms with van der Waals surface area (Å²) in [6.45, 7) is 2.51. The Bertz CT molecular complexity index is 2580. The van der Waals surface area contributed by atoms with E-state index in [1.165, 1.54) is 0 Å². The van der Waals surface area contributed by atoms with E-state index in [0.717, 1.165) is 55.1 Å². The van der Waals surface area contributed by atoms with Gasteiger partial charge in [-0.15, -0.1) is 0 Å². The third-order valence-electron chi connectivity index (χ3n) is 11.1. The summed E-state index contributed by atoms with van der Waals surface area (Å²) < 4.78 is 35.0. The smallest absolute Gasteiger partial charge is 0.254 e. The van der Waals surface area contributed by atoms with Gasteiger partial charge in [0.2, 0.25) is 5.91 Å². The lowest BCUT2D eigenvalue weighted by Crippen LogP contribution is -2.32. The van der Waals surface area contributed by atoms with E-state index >= 15 is 0 Å². The molecule has 0 aromatic heterocycles. The molecule has 7 aromatic rings. The van der Waals surface area contributed by atoms with Gasteiger partial charge in [-0.2, -0.15) is 0 Å². The van der Waals surface area contributed by atoms with Gasteiger partial charge >= 0.3 is 0 Å². The molecule has 0 fully saturated rings. The van der Waals surface area contributed by atoms with E-state index in [9.17, 15) is 9.59 Å². The number of nitrogens with zero attached hydrogens (tertiary/aromatic N) is 1. The third kappa shape index (κ3) is 11.6. The van der Waals surface area contributed by atoms with Crippen molar-refractivity contribution in [2.75, 3.05) is 47.0 Å². The van der Waals surface area contributed by atoms with E-state index in [-0.39, 0.29) is 18.4 Å². The van der Waals surface area contributed by atoms with Crippen molar-refractivity contribution in [3.8, 4) is 28.4 Å². The Morgan fingerprint density at radius 1 is 0.661 bits per heavy atom. The van der Waals surface area contributed by atoms with Crippen LogP contribution in [0.25, 0.3) is 32.7 Å². The Balaban J connectivity index is 0.857. The Morgan fingerprint density at radius 2 is 1.35 bits per heavy atom. The summed E-state index contributed by atoms with van der Waals surface area (Å²) >= 11 is 0. The molecular weight excluding hydrogens is 771 g/mol. The molecule has 8 nitrogen and oxygen atoms in total. The summed E-state index contributed by atoms with van der Waals surface area (Å²) in [5.74, 6) is 1.88. The first-order valence-electron chi connectivity index (χ1n) is 22.4. The van der Waals surface area contributed by atoms with Crippen LogP contribution in [0.15, 0.2) is 152 Å². The second kappa shape index (κ2) is 22.3. The summed E-state index contributed by atoms with van der Waals surface area (Å²) in [7, 11) is 3.26. The minimum Gasteiger partial charge on any atom is -0.496 e. The SMILES string of the molecule is [2H]C([2H])(CNCCCNC(=O)CCCOc1ccc(CN(CCc2ccccc2)C(=O)c2ccc(-c3ccccc3OC)cc2)c(OC)c1)Cc1c2ccccc2cc2ccccc12. The zero-order valence-corrected chi connectivity index (χ0v) is 35.7. The molecule has 0 aliphatic heterocycles. The van der Waals surface area contributed by atoms with Crippen molar-refractivity contribution in [1.82, 2.24) is 15.5 Å². The highest BCUT2D eigenvalue weighted by Crippen LogP contribution is 2.32. The van der Waals surface area contributed by atoms with Crippen molar-refractivity contribution in [1.29, 1.82) is 0 Å². The van der Waals surface area contributed by atoms with Crippen LogP contribution in [-0.4, -0.2) is 63.7 Å². The molecule has 0 spiro atoms. The van der Waals surface area contributed by atoms with Gasteiger partial charge in [-0.25, -0.2) is 0 Å². The number of aryl methyl sites for hydroxylation is 1. The molecule has 0 saturated heterocycles. The molecule has 7 rings (SSSR count). The number of amides is 2. The molecule has 0 heterocycles. The predicted molar refractivity (Wildman–Crippen MR) is 251 cm³/mol. The Hall–Kier alpha value is -6.64. The molecule has 318 valence electrons. The molecule has 0 aliphatic rings. The molecular formula is C54H57N3O5. The maximum Gasteiger partial charge on any atom is 0.254 e. The first-order chi connectivity index (χ1) is 31.2. The second-order valence-electron chi connectivity index (χ2n) is 15.3. The van der Waals surface area contributed by atoms with Gasteiger partial charge in [-0.05, 0) is 120 Å². The molecule has 0 atom stereocenters. The number of ether oxygens (including phenoxy) is 3. The van der Waals surface area contributed by atoms with E-state index in [2.05, 4.69) is 53.1 Å². The van der Waals surface area contributed by atoms with Gasteiger partial charge in [0.05, 0.1) is 20.8 Å². The molecule has 2 amide bonds. The summed E-state index contributed by atoms with van der Waals surface area (Å²) in [6.07, 6.45) is 1.10. The van der Waals surface area contributed by atoms with Crippen LogP contribution < -0.4 is 24.8 Å². The molecule has 0 unspecified atom stereocenters. The van der Waals surface area contributed by atoms with E-state index < -0.39 is 6.37 Å². The minimum absolute atomic E-state index is 0.0515. The summed E-state index contributed by atoms with van der Waals surface area (Å²) in [5.41, 5.74) is 5.54. The Morgan fingerprint density at radius 3 is 2.10 bits per heavy atom. The number of rotatable bonds is 22. The molecule has 0 aliphatic carbocycles. The fourth-order valence-corrected chi connectivity index (χ4v) is 7.79. The molecule has 0 radical (unpaired) electrons. The number of para-hydroxylation sites is 1. The molecule has 0 bridgehead atoms. The zero-order valence-electron chi connectivity index (χ0n) is 37.7. The van der Waals surface area contributed by atoms with Crippen LogP contribution in [0.1, 0.15) is 55.4 Å². The predicted octanol–water partition coefficient (Wildman–Crippen LogP) is 10.4. The van der Waals surface area contributed by atoms with E-state index in [4.69, 9.17) is 17.0 Å². The van der Waals surface area contributed by atoms with Crippen LogP contribution >= 0.6 is 0 Å². The second-order valence-corrected chi connectivity index (χ2v) is 15.3. The van der Waals surface area contributed by atoms with Gasteiger partial charge in [0.25, 0.3) is 5.91 Å². The number of fused-ring (bicyclic) bond motifs is 2. The summed E-state index contributed by atoms with van der Waals surface area (Å²) in [4.78, 5) is 28.6. The summed E-state index contributed by atoms with van der Waals surface area (Å²) in [6, 6.07) is 49.8. The fraction of sp³-hybridized carbons (Fsp3) is 0.259. The van der Waals surface area contributed by atoms with Crippen molar-refractivity contribution in [2.24, 2.45) is 0 Å². The van der Waals surface area contributed by atoms with Crippen LogP contribution in [0.2, 0.25) is 0 Å². The van der Waals surface area contributed by atoms with Gasteiger partial charge in [-0.3, -0.25) is 9.59 Å². The average molecular weight is 830 g/mol. The monoisotopic (exact) mass is 829 g/mol. The zero-order chi connectivity index (χ0) is 44.7. The molecule has 7 aromatic carbocycles. The average Bonchev–Trinajstić information content (AvgIpc) is 3.33. The molecule has 0 saturated carbocycles. The number of methoxy groups -OCH3 is 2. The number of carbonyl (C=O) groups excluding carboxylic acids is 2. The molecule has 2 N–H and O–H groups in total. The first-order valence-corrected chi connectivity index (χ1v) is 21.4. The van der Waals surface area contributed by atoms with Crippen molar-refractivity contribution >= 4 is 33.4 Å². The Labute approximate surface area is 368 Å². The van der Waals surface area contributed by atoms with Crippen molar-refractivity contribution in [3.63, 3.8) is 0 Å². The van der Waals surface area contributed by atoms with E-state index in [1.807, 2.05) is 114 Å². The number of hydrogen-bond donors (Lipinski definition) is 2. The first kappa shape index (κ1) is 40.7. The summed E-state index contributed by atoms with van der Waals surface area (Å²) in [5, 5.41) is 10.6. The highest BCUT2D eigenvalue weighted by atomic mass is 16.5. The third-order valence-corrected chi connectivity index (χ3v) is 11.1. The fourth-order valence-electron chi connectivity index (χ4n) is 7.79. The maximum absolute atomic E-state index is 14.1. The maximum atomic E-state index is 14.1. The van der Waals surface area contributed by atoms with Gasteiger partial charge in [0.15, 0.2) is 0 Å². The van der Waals surface area contributed by atoms with Crippen molar-refractivity contribution in [2.45, 2.75) is 45.0 Å². The number of hydrogen-bond acceptors (Lipinski definition) is 6. The lowest BCUT2D eigenvalue weighted by atomic mass is 9.94. The van der Waals surface area contributed by atoms with Gasteiger partial charge in [0, 0.05) is 51.6 Å². The highest BCUT2D eigenvalue weighted by molar-refractivity contribution is 6.02. The molecule has 62 heavy (non-hydrogen) atoms. The van der Waals surface area contributed by atoms with E-state index in [0.29, 0.717) is 82.0 Å². The minimum atomic E-state index is -1.45. The van der Waals surface area contributed by atoms with Crippen LogP contribution in [-0.2, 0) is 24.2 Å². The van der Waals surface area contributed by atoms with Crippen molar-refractivity contribution < 1.29 is 26.5 Å². The standard InChI is InChI=1S/C54H57N3O5/c1-60-51-23-11-10-21-49(51)41-25-27-42(28-26-41)54(59)57(35-31-40-15-4-3-5-16-40)39-45-29-30-46(38-52(45)61-2)62-36-13-24-53(58)56-34-14-33-55-32-12-22-50-47-19-8-6-17-43(47)37-44-18-7-9-20-48(44)50/h3-11,15-21,23,25-30,37-38,55H,12-14,22,24,31-36,39H2,1-2H3,(H,56,58)/i12D2. The lowest BCUT2D eigenvalue weighted by molar-refractivity contribution is -0.121. The topological polar surface area (TPSA) is 89.1 Å². The lowest BCUT2D eigenvalue weighted by Gasteiger charge is -2.24. The Kier molecular flexibility index (Phi) is 14.6. The molecule has 8 heteroatoms. The number of nitrogens with one attached hydrogen (secondary N) is 2. The van der Waals surface area contributed by atoms with Crippen molar-refractivity contribution in [3.05, 3.63) is 174 Å². The highest BCUT2D eigenvalue weighted by Gasteiger charge is 2.19. The van der Waals surface area contributed by atoms with Gasteiger partial charge < -0.3 is 29.7 Å². The van der Waals surface area contributed by atoms with Crippen LogP contribution in [0.3, 0.4) is 0 Å². The number of benzene rings is 7. The van der Waals surface area contributed by atoms with Gasteiger partial charge in [-0.1, -0.05) is 109 Å². The van der Waals surface area contributed by atoms with Gasteiger partial charge in [0.1, 0.15) is 17.2 Å². The van der Waals surface area contributed by atoms with Crippen LogP contribution in [0.4, 0.5) is 0 Å². The largest absolute Gasteiger partial charge is 0.496 e. The van der Waals surface area contributed by atoms with E-state index in [1.54, 1.807) is 14.2 Å².